The Morgan fingerprint density at radius 3 is 2.65 bits per heavy atom. The van der Waals surface area contributed by atoms with Crippen LogP contribution in [0.5, 0.6) is 0 Å². The molecule has 4 heteroatoms. The zero-order chi connectivity index (χ0) is 13.0. The van der Waals surface area contributed by atoms with Crippen molar-refractivity contribution in [2.45, 2.75) is 19.9 Å². The summed E-state index contributed by atoms with van der Waals surface area (Å²) in [5.41, 5.74) is 0.172. The van der Waals surface area contributed by atoms with E-state index < -0.39 is 17.7 Å². The molecule has 0 N–H and O–H groups in total. The first-order valence-corrected chi connectivity index (χ1v) is 5.31. The van der Waals surface area contributed by atoms with E-state index in [4.69, 9.17) is 0 Å². The third-order valence-corrected chi connectivity index (χ3v) is 2.65. The summed E-state index contributed by atoms with van der Waals surface area (Å²) in [7, 11) is 1.55. The van der Waals surface area contributed by atoms with E-state index in [1.807, 2.05) is 0 Å². The standard InChI is InChI=1S/C13H15F2NO/c1-4-5-13(17)16(3)9(2)11-8-10(14)6-7-12(11)15/h4-9H,1-3H3. The Bertz CT molecular complexity index is 443. The van der Waals surface area contributed by atoms with E-state index in [-0.39, 0.29) is 11.5 Å². The second-order valence-electron chi connectivity index (χ2n) is 3.79. The smallest absolute Gasteiger partial charge is 0.246 e. The van der Waals surface area contributed by atoms with Crippen molar-refractivity contribution in [1.29, 1.82) is 0 Å². The molecular formula is C13H15F2NO. The summed E-state index contributed by atoms with van der Waals surface area (Å²) in [6.45, 7) is 3.37. The number of hydrogen-bond acceptors (Lipinski definition) is 1. The number of benzene rings is 1. The van der Waals surface area contributed by atoms with Crippen LogP contribution in [-0.4, -0.2) is 17.9 Å². The summed E-state index contributed by atoms with van der Waals surface area (Å²) in [6, 6.07) is 2.71. The maximum Gasteiger partial charge on any atom is 0.246 e. The Balaban J connectivity index is 2.99. The fourth-order valence-corrected chi connectivity index (χ4v) is 1.49. The molecule has 0 saturated heterocycles. The highest BCUT2D eigenvalue weighted by Crippen LogP contribution is 2.22. The highest BCUT2D eigenvalue weighted by atomic mass is 19.1. The SMILES string of the molecule is CC=CC(=O)N(C)C(C)c1cc(F)ccc1F. The van der Waals surface area contributed by atoms with Gasteiger partial charge in [0.25, 0.3) is 0 Å². The fraction of sp³-hybridized carbons (Fsp3) is 0.308. The third-order valence-electron chi connectivity index (χ3n) is 2.65. The van der Waals surface area contributed by atoms with Crippen LogP contribution in [0.4, 0.5) is 8.78 Å². The molecule has 0 saturated carbocycles. The zero-order valence-corrected chi connectivity index (χ0v) is 10.1. The molecule has 1 atom stereocenters. The van der Waals surface area contributed by atoms with Crippen molar-refractivity contribution in [3.63, 3.8) is 0 Å². The van der Waals surface area contributed by atoms with Gasteiger partial charge in [-0.3, -0.25) is 4.79 Å². The predicted octanol–water partition coefficient (Wildman–Crippen LogP) is 3.06. The van der Waals surface area contributed by atoms with Crippen LogP contribution < -0.4 is 0 Å². The zero-order valence-electron chi connectivity index (χ0n) is 10.1. The van der Waals surface area contributed by atoms with E-state index in [0.717, 1.165) is 18.2 Å². The van der Waals surface area contributed by atoms with Gasteiger partial charge in [0.2, 0.25) is 5.91 Å². The molecule has 0 aliphatic rings. The van der Waals surface area contributed by atoms with Crippen molar-refractivity contribution in [2.24, 2.45) is 0 Å². The minimum absolute atomic E-state index is 0.172. The quantitative estimate of drug-likeness (QED) is 0.742. The van der Waals surface area contributed by atoms with Crippen molar-refractivity contribution in [2.75, 3.05) is 7.05 Å². The van der Waals surface area contributed by atoms with Crippen molar-refractivity contribution in [1.82, 2.24) is 4.90 Å². The average molecular weight is 239 g/mol. The second kappa shape index (κ2) is 5.57. The normalized spacial score (nSPS) is 12.8. The van der Waals surface area contributed by atoms with Crippen LogP contribution in [0.25, 0.3) is 0 Å². The predicted molar refractivity (Wildman–Crippen MR) is 62.4 cm³/mol. The maximum absolute atomic E-state index is 13.5. The van der Waals surface area contributed by atoms with Gasteiger partial charge in [-0.05, 0) is 38.1 Å². The largest absolute Gasteiger partial charge is 0.335 e. The number of rotatable bonds is 3. The summed E-state index contributed by atoms with van der Waals surface area (Å²) in [6.07, 6.45) is 2.99. The molecule has 1 unspecified atom stereocenters. The van der Waals surface area contributed by atoms with Gasteiger partial charge < -0.3 is 4.90 Å². The van der Waals surface area contributed by atoms with Crippen molar-refractivity contribution >= 4 is 5.91 Å². The molecule has 1 aromatic carbocycles. The van der Waals surface area contributed by atoms with Crippen LogP contribution in [0.2, 0.25) is 0 Å². The topological polar surface area (TPSA) is 20.3 Å². The molecule has 1 amide bonds. The van der Waals surface area contributed by atoms with Gasteiger partial charge >= 0.3 is 0 Å². The average Bonchev–Trinajstić information content (AvgIpc) is 2.30. The number of likely N-dealkylation sites (N-methyl/N-ethyl adjacent to an activating group) is 1. The van der Waals surface area contributed by atoms with E-state index >= 15 is 0 Å². The monoisotopic (exact) mass is 239 g/mol. The van der Waals surface area contributed by atoms with Crippen molar-refractivity contribution in [3.05, 3.63) is 47.5 Å². The Morgan fingerprint density at radius 1 is 1.41 bits per heavy atom. The lowest BCUT2D eigenvalue weighted by molar-refractivity contribution is -0.126. The van der Waals surface area contributed by atoms with Gasteiger partial charge in [0.05, 0.1) is 6.04 Å². The highest BCUT2D eigenvalue weighted by molar-refractivity contribution is 5.87. The molecule has 1 rings (SSSR count). The molecule has 0 radical (unpaired) electrons. The van der Waals surface area contributed by atoms with Gasteiger partial charge in [-0.15, -0.1) is 0 Å². The lowest BCUT2D eigenvalue weighted by Crippen LogP contribution is -2.28. The molecule has 17 heavy (non-hydrogen) atoms. The summed E-state index contributed by atoms with van der Waals surface area (Å²) < 4.78 is 26.5. The lowest BCUT2D eigenvalue weighted by Gasteiger charge is -2.24. The molecule has 1 aromatic rings. The van der Waals surface area contributed by atoms with Crippen LogP contribution in [0.1, 0.15) is 25.5 Å². The Hall–Kier alpha value is -1.71. The maximum atomic E-state index is 13.5. The van der Waals surface area contributed by atoms with Crippen LogP contribution >= 0.6 is 0 Å². The molecule has 92 valence electrons. The first-order valence-electron chi connectivity index (χ1n) is 5.31. The summed E-state index contributed by atoms with van der Waals surface area (Å²) in [4.78, 5) is 12.9. The van der Waals surface area contributed by atoms with E-state index in [0.29, 0.717) is 0 Å². The van der Waals surface area contributed by atoms with Crippen molar-refractivity contribution in [3.8, 4) is 0 Å². The number of halogens is 2. The Morgan fingerprint density at radius 2 is 2.06 bits per heavy atom. The number of hydrogen-bond donors (Lipinski definition) is 0. The van der Waals surface area contributed by atoms with Crippen LogP contribution in [0.3, 0.4) is 0 Å². The highest BCUT2D eigenvalue weighted by Gasteiger charge is 2.19. The van der Waals surface area contributed by atoms with Crippen LogP contribution in [0.15, 0.2) is 30.4 Å². The van der Waals surface area contributed by atoms with Crippen molar-refractivity contribution < 1.29 is 13.6 Å². The summed E-state index contributed by atoms with van der Waals surface area (Å²) >= 11 is 0. The lowest BCUT2D eigenvalue weighted by atomic mass is 10.1. The van der Waals surface area contributed by atoms with E-state index in [2.05, 4.69) is 0 Å². The third kappa shape index (κ3) is 3.12. The molecule has 0 bridgehead atoms. The molecule has 0 spiro atoms. The van der Waals surface area contributed by atoms with Gasteiger partial charge in [-0.2, -0.15) is 0 Å². The van der Waals surface area contributed by atoms with Gasteiger partial charge in [0.1, 0.15) is 11.6 Å². The van der Waals surface area contributed by atoms with Gasteiger partial charge in [0.15, 0.2) is 0 Å². The Labute approximate surface area is 99.5 Å². The molecular weight excluding hydrogens is 224 g/mol. The minimum atomic E-state index is -0.519. The first-order chi connectivity index (χ1) is 7.97. The molecule has 2 nitrogen and oxygen atoms in total. The van der Waals surface area contributed by atoms with Crippen LogP contribution in [-0.2, 0) is 4.79 Å². The van der Waals surface area contributed by atoms with Gasteiger partial charge in [-0.1, -0.05) is 6.08 Å². The first kappa shape index (κ1) is 13.4. The van der Waals surface area contributed by atoms with Crippen LogP contribution in [0, 0.1) is 11.6 Å². The van der Waals surface area contributed by atoms with E-state index in [9.17, 15) is 13.6 Å². The number of nitrogens with zero attached hydrogens (tertiary/aromatic N) is 1. The second-order valence-corrected chi connectivity index (χ2v) is 3.79. The van der Waals surface area contributed by atoms with E-state index in [1.165, 1.54) is 11.0 Å². The Kier molecular flexibility index (Phi) is 4.37. The molecule has 0 aliphatic carbocycles. The molecule has 0 aliphatic heterocycles. The molecule has 0 heterocycles. The minimum Gasteiger partial charge on any atom is -0.335 e. The van der Waals surface area contributed by atoms with E-state index in [1.54, 1.807) is 27.0 Å². The fourth-order valence-electron chi connectivity index (χ4n) is 1.49. The van der Waals surface area contributed by atoms with Gasteiger partial charge in [-0.25, -0.2) is 8.78 Å². The number of carbonyl (C=O) groups excluding carboxylic acids is 1. The number of carbonyl (C=O) groups is 1. The molecule has 0 fully saturated rings. The number of amides is 1. The summed E-state index contributed by atoms with van der Waals surface area (Å²) in [5, 5.41) is 0. The van der Waals surface area contributed by atoms with Gasteiger partial charge in [0, 0.05) is 12.6 Å². The summed E-state index contributed by atoms with van der Waals surface area (Å²) in [5.74, 6) is -1.28. The molecule has 0 aromatic heterocycles. The number of allylic oxidation sites excluding steroid dienone is 1.